The highest BCUT2D eigenvalue weighted by molar-refractivity contribution is 5.76. The molecule has 0 radical (unpaired) electrons. The second-order valence-corrected chi connectivity index (χ2v) is 3.47. The molecule has 0 rings (SSSR count). The molecule has 1 amide bonds. The van der Waals surface area contributed by atoms with Crippen LogP contribution in [0.1, 0.15) is 33.1 Å². The summed E-state index contributed by atoms with van der Waals surface area (Å²) in [5.41, 5.74) is 0. The number of carbonyl (C=O) groups is 1. The average Bonchev–Trinajstić information content (AvgIpc) is 2.26. The first-order valence-electron chi connectivity index (χ1n) is 5.33. The fraction of sp³-hybridized carbons (Fsp3) is 0.818. The van der Waals surface area contributed by atoms with Gasteiger partial charge in [0.15, 0.2) is 0 Å². The molecule has 0 N–H and O–H groups in total. The maximum Gasteiger partial charge on any atom is 0.222 e. The summed E-state index contributed by atoms with van der Waals surface area (Å²) in [6, 6.07) is 2.04. The smallest absolute Gasteiger partial charge is 0.222 e. The van der Waals surface area contributed by atoms with Gasteiger partial charge in [0.2, 0.25) is 5.91 Å². The fourth-order valence-electron chi connectivity index (χ4n) is 1.25. The Morgan fingerprint density at radius 1 is 1.60 bits per heavy atom. The zero-order valence-electron chi connectivity index (χ0n) is 9.82. The molecule has 4 heteroatoms. The Kier molecular flexibility index (Phi) is 7.65. The lowest BCUT2D eigenvalue weighted by atomic mass is 10.2. The second kappa shape index (κ2) is 8.25. The van der Waals surface area contributed by atoms with Crippen molar-refractivity contribution in [3.8, 4) is 6.07 Å². The van der Waals surface area contributed by atoms with Crippen LogP contribution < -0.4 is 0 Å². The predicted molar refractivity (Wildman–Crippen MR) is 58.2 cm³/mol. The van der Waals surface area contributed by atoms with E-state index >= 15 is 0 Å². The number of ether oxygens (including phenoxy) is 1. The predicted octanol–water partition coefficient (Wildman–Crippen LogP) is 1.56. The molecule has 0 saturated heterocycles. The topological polar surface area (TPSA) is 53.3 Å². The lowest BCUT2D eigenvalue weighted by Crippen LogP contribution is -2.32. The molecule has 0 aromatic rings. The van der Waals surface area contributed by atoms with E-state index in [9.17, 15) is 4.79 Å². The van der Waals surface area contributed by atoms with Crippen LogP contribution in [0.25, 0.3) is 0 Å². The van der Waals surface area contributed by atoms with Crippen molar-refractivity contribution in [3.05, 3.63) is 0 Å². The first-order valence-corrected chi connectivity index (χ1v) is 5.33. The van der Waals surface area contributed by atoms with Crippen LogP contribution in [-0.2, 0) is 9.53 Å². The molecule has 4 nitrogen and oxygen atoms in total. The maximum absolute atomic E-state index is 11.7. The molecule has 1 atom stereocenters. The van der Waals surface area contributed by atoms with Crippen LogP contribution in [0, 0.1) is 11.3 Å². The molecule has 1 unspecified atom stereocenters. The van der Waals surface area contributed by atoms with Gasteiger partial charge in [-0.15, -0.1) is 0 Å². The van der Waals surface area contributed by atoms with Crippen molar-refractivity contribution in [3.63, 3.8) is 0 Å². The first-order chi connectivity index (χ1) is 7.15. The van der Waals surface area contributed by atoms with E-state index in [4.69, 9.17) is 10.00 Å². The van der Waals surface area contributed by atoms with Crippen molar-refractivity contribution in [2.24, 2.45) is 0 Å². The quantitative estimate of drug-likeness (QED) is 0.643. The van der Waals surface area contributed by atoms with Gasteiger partial charge in [0.1, 0.15) is 0 Å². The molecule has 15 heavy (non-hydrogen) atoms. The molecule has 0 spiro atoms. The van der Waals surface area contributed by atoms with Gasteiger partial charge in [-0.25, -0.2) is 0 Å². The summed E-state index contributed by atoms with van der Waals surface area (Å²) >= 11 is 0. The SMILES string of the molecule is CCN(CCC#N)C(=O)CCC(C)OC. The van der Waals surface area contributed by atoms with Crippen molar-refractivity contribution >= 4 is 5.91 Å². The van der Waals surface area contributed by atoms with E-state index in [-0.39, 0.29) is 12.0 Å². The third-order valence-corrected chi connectivity index (χ3v) is 2.40. The molecular weight excluding hydrogens is 192 g/mol. The highest BCUT2D eigenvalue weighted by Crippen LogP contribution is 2.04. The van der Waals surface area contributed by atoms with Crippen molar-refractivity contribution < 1.29 is 9.53 Å². The van der Waals surface area contributed by atoms with Crippen LogP contribution in [0.2, 0.25) is 0 Å². The monoisotopic (exact) mass is 212 g/mol. The molecule has 0 aliphatic heterocycles. The van der Waals surface area contributed by atoms with Crippen LogP contribution in [0.5, 0.6) is 0 Å². The van der Waals surface area contributed by atoms with Gasteiger partial charge in [0, 0.05) is 26.6 Å². The van der Waals surface area contributed by atoms with Crippen LogP contribution in [-0.4, -0.2) is 37.1 Å². The number of rotatable bonds is 7. The van der Waals surface area contributed by atoms with Crippen LogP contribution in [0.15, 0.2) is 0 Å². The molecule has 86 valence electrons. The molecule has 0 saturated carbocycles. The summed E-state index contributed by atoms with van der Waals surface area (Å²) in [5, 5.41) is 8.44. The summed E-state index contributed by atoms with van der Waals surface area (Å²) in [7, 11) is 1.64. The van der Waals surface area contributed by atoms with Gasteiger partial charge >= 0.3 is 0 Å². The number of nitriles is 1. The minimum absolute atomic E-state index is 0.108. The molecule has 0 bridgehead atoms. The van der Waals surface area contributed by atoms with Crippen LogP contribution in [0.3, 0.4) is 0 Å². The number of amides is 1. The molecule has 0 aromatic carbocycles. The largest absolute Gasteiger partial charge is 0.382 e. The Balaban J connectivity index is 3.89. The lowest BCUT2D eigenvalue weighted by Gasteiger charge is -2.20. The average molecular weight is 212 g/mol. The molecule has 0 aliphatic rings. The number of hydrogen-bond donors (Lipinski definition) is 0. The maximum atomic E-state index is 11.7. The van der Waals surface area contributed by atoms with Gasteiger partial charge in [-0.1, -0.05) is 0 Å². The normalized spacial score (nSPS) is 11.9. The molecular formula is C11H20N2O2. The Bertz CT molecular complexity index is 223. The summed E-state index contributed by atoms with van der Waals surface area (Å²) in [4.78, 5) is 13.4. The number of nitrogens with zero attached hydrogens (tertiary/aromatic N) is 2. The highest BCUT2D eigenvalue weighted by atomic mass is 16.5. The standard InChI is InChI=1S/C11H20N2O2/c1-4-13(9-5-8-12)11(14)7-6-10(2)15-3/h10H,4-7,9H2,1-3H3. The Hall–Kier alpha value is -1.08. The van der Waals surface area contributed by atoms with E-state index in [1.807, 2.05) is 19.9 Å². The van der Waals surface area contributed by atoms with Gasteiger partial charge in [-0.2, -0.15) is 5.26 Å². The van der Waals surface area contributed by atoms with E-state index < -0.39 is 0 Å². The first kappa shape index (κ1) is 13.9. The van der Waals surface area contributed by atoms with E-state index in [0.29, 0.717) is 25.9 Å². The molecule has 0 aliphatic carbocycles. The van der Waals surface area contributed by atoms with E-state index in [0.717, 1.165) is 6.42 Å². The van der Waals surface area contributed by atoms with Crippen LogP contribution in [0.4, 0.5) is 0 Å². The number of hydrogen-bond acceptors (Lipinski definition) is 3. The Morgan fingerprint density at radius 2 is 2.27 bits per heavy atom. The zero-order valence-corrected chi connectivity index (χ0v) is 9.82. The summed E-state index contributed by atoms with van der Waals surface area (Å²) in [6.45, 7) is 5.07. The van der Waals surface area contributed by atoms with E-state index in [2.05, 4.69) is 0 Å². The number of methoxy groups -OCH3 is 1. The number of carbonyl (C=O) groups excluding carboxylic acids is 1. The minimum atomic E-state index is 0.108. The zero-order chi connectivity index (χ0) is 11.7. The van der Waals surface area contributed by atoms with Crippen molar-refractivity contribution in [1.82, 2.24) is 4.90 Å². The van der Waals surface area contributed by atoms with E-state index in [1.54, 1.807) is 12.0 Å². The fourth-order valence-corrected chi connectivity index (χ4v) is 1.25. The van der Waals surface area contributed by atoms with Crippen molar-refractivity contribution in [2.45, 2.75) is 39.2 Å². The minimum Gasteiger partial charge on any atom is -0.382 e. The van der Waals surface area contributed by atoms with Gasteiger partial charge in [0.05, 0.1) is 18.6 Å². The van der Waals surface area contributed by atoms with Crippen LogP contribution >= 0.6 is 0 Å². The lowest BCUT2D eigenvalue weighted by molar-refractivity contribution is -0.131. The molecule has 0 aromatic heterocycles. The Morgan fingerprint density at radius 3 is 2.73 bits per heavy atom. The van der Waals surface area contributed by atoms with Crippen molar-refractivity contribution in [1.29, 1.82) is 5.26 Å². The molecule has 0 fully saturated rings. The van der Waals surface area contributed by atoms with Gasteiger partial charge in [0.25, 0.3) is 0 Å². The van der Waals surface area contributed by atoms with Gasteiger partial charge in [-0.05, 0) is 20.3 Å². The third-order valence-electron chi connectivity index (χ3n) is 2.40. The second-order valence-electron chi connectivity index (χ2n) is 3.47. The van der Waals surface area contributed by atoms with Crippen molar-refractivity contribution in [2.75, 3.05) is 20.2 Å². The van der Waals surface area contributed by atoms with Gasteiger partial charge < -0.3 is 9.64 Å². The summed E-state index contributed by atoms with van der Waals surface area (Å²) in [5.74, 6) is 0.108. The van der Waals surface area contributed by atoms with Gasteiger partial charge in [-0.3, -0.25) is 4.79 Å². The summed E-state index contributed by atoms with van der Waals surface area (Å²) in [6.07, 6.45) is 1.75. The summed E-state index contributed by atoms with van der Waals surface area (Å²) < 4.78 is 5.07. The third kappa shape index (κ3) is 6.08. The van der Waals surface area contributed by atoms with E-state index in [1.165, 1.54) is 0 Å². The highest BCUT2D eigenvalue weighted by Gasteiger charge is 2.12. The Labute approximate surface area is 91.8 Å². The molecule has 0 heterocycles.